The van der Waals surface area contributed by atoms with Crippen LogP contribution in [0.25, 0.3) is 0 Å². The van der Waals surface area contributed by atoms with E-state index in [9.17, 15) is 0 Å². The molecular formula is C16H24N4OS. The number of aryl methyl sites for hydroxylation is 1. The maximum Gasteiger partial charge on any atom is 0.139 e. The summed E-state index contributed by atoms with van der Waals surface area (Å²) in [4.78, 5) is 10.3. The highest BCUT2D eigenvalue weighted by Crippen LogP contribution is 2.29. The summed E-state index contributed by atoms with van der Waals surface area (Å²) in [6, 6.07) is 0.305. The molecule has 3 heterocycles. The molecule has 0 aliphatic carbocycles. The van der Waals surface area contributed by atoms with Crippen molar-refractivity contribution >= 4 is 11.3 Å². The lowest BCUT2D eigenvalue weighted by Gasteiger charge is -2.19. The molecule has 1 saturated heterocycles. The van der Waals surface area contributed by atoms with E-state index in [1.807, 2.05) is 18.6 Å². The van der Waals surface area contributed by atoms with E-state index in [0.717, 1.165) is 36.9 Å². The van der Waals surface area contributed by atoms with Crippen LogP contribution in [0.1, 0.15) is 54.9 Å². The third-order valence-electron chi connectivity index (χ3n) is 4.09. The van der Waals surface area contributed by atoms with Crippen molar-refractivity contribution in [1.82, 2.24) is 19.9 Å². The summed E-state index contributed by atoms with van der Waals surface area (Å²) in [5, 5.41) is 4.76. The minimum Gasteiger partial charge on any atom is -0.369 e. The van der Waals surface area contributed by atoms with Crippen molar-refractivity contribution < 1.29 is 4.74 Å². The number of aromatic nitrogens is 3. The van der Waals surface area contributed by atoms with E-state index in [1.54, 1.807) is 11.3 Å². The molecule has 22 heavy (non-hydrogen) atoms. The standard InChI is InChI=1S/C16H24N4OS/c1-4-20-7-6-17-16(20)15-12(5-8-21-15)18-10-14-19-9-13(22-14)11(2)3/h6-7,9,11-12,15,18H,4-5,8,10H2,1-3H3/t12-,15-/m0/s1. The van der Waals surface area contributed by atoms with Crippen LogP contribution in [-0.4, -0.2) is 27.2 Å². The topological polar surface area (TPSA) is 52.0 Å². The summed E-state index contributed by atoms with van der Waals surface area (Å²) in [7, 11) is 0. The largest absolute Gasteiger partial charge is 0.369 e. The van der Waals surface area contributed by atoms with E-state index >= 15 is 0 Å². The Kier molecular flexibility index (Phi) is 4.90. The van der Waals surface area contributed by atoms with Gasteiger partial charge in [0.25, 0.3) is 0 Å². The number of ether oxygens (including phenoxy) is 1. The zero-order chi connectivity index (χ0) is 15.5. The normalized spacial score (nSPS) is 21.8. The van der Waals surface area contributed by atoms with E-state index < -0.39 is 0 Å². The summed E-state index contributed by atoms with van der Waals surface area (Å²) in [6.45, 7) is 9.05. The smallest absolute Gasteiger partial charge is 0.139 e. The van der Waals surface area contributed by atoms with Crippen LogP contribution in [0.15, 0.2) is 18.6 Å². The van der Waals surface area contributed by atoms with E-state index in [0.29, 0.717) is 12.0 Å². The summed E-state index contributed by atoms with van der Waals surface area (Å²) < 4.78 is 8.08. The third kappa shape index (κ3) is 3.24. The van der Waals surface area contributed by atoms with Crippen molar-refractivity contribution in [2.45, 2.75) is 58.3 Å². The first kappa shape index (κ1) is 15.6. The van der Waals surface area contributed by atoms with Gasteiger partial charge in [-0.3, -0.25) is 0 Å². The van der Waals surface area contributed by atoms with Gasteiger partial charge in [-0.2, -0.15) is 0 Å². The van der Waals surface area contributed by atoms with Crippen molar-refractivity contribution in [2.75, 3.05) is 6.61 Å². The predicted molar refractivity (Wildman–Crippen MR) is 88.0 cm³/mol. The minimum absolute atomic E-state index is 0.0412. The van der Waals surface area contributed by atoms with Crippen molar-refractivity contribution in [3.05, 3.63) is 34.3 Å². The zero-order valence-electron chi connectivity index (χ0n) is 13.5. The molecule has 0 bridgehead atoms. The van der Waals surface area contributed by atoms with Crippen molar-refractivity contribution in [3.63, 3.8) is 0 Å². The number of nitrogens with one attached hydrogen (secondary N) is 1. The monoisotopic (exact) mass is 320 g/mol. The van der Waals surface area contributed by atoms with E-state index in [1.165, 1.54) is 4.88 Å². The first-order valence-electron chi connectivity index (χ1n) is 7.99. The molecule has 0 saturated carbocycles. The lowest BCUT2D eigenvalue weighted by atomic mass is 10.1. The molecule has 1 aliphatic heterocycles. The first-order chi connectivity index (χ1) is 10.7. The Labute approximate surface area is 135 Å². The predicted octanol–water partition coefficient (Wildman–Crippen LogP) is 3.10. The summed E-state index contributed by atoms with van der Waals surface area (Å²) in [5.74, 6) is 1.57. The summed E-state index contributed by atoms with van der Waals surface area (Å²) >= 11 is 1.80. The molecule has 0 amide bonds. The van der Waals surface area contributed by atoms with Crippen LogP contribution < -0.4 is 5.32 Å². The maximum absolute atomic E-state index is 5.92. The van der Waals surface area contributed by atoms with Gasteiger partial charge in [-0.1, -0.05) is 13.8 Å². The molecule has 2 aromatic heterocycles. The van der Waals surface area contributed by atoms with Crippen LogP contribution >= 0.6 is 11.3 Å². The van der Waals surface area contributed by atoms with Gasteiger partial charge >= 0.3 is 0 Å². The molecule has 2 atom stereocenters. The molecule has 5 nitrogen and oxygen atoms in total. The number of rotatable bonds is 6. The fourth-order valence-corrected chi connectivity index (χ4v) is 3.66. The lowest BCUT2D eigenvalue weighted by molar-refractivity contribution is 0.0886. The SMILES string of the molecule is CCn1ccnc1[C@H]1OCC[C@@H]1NCc1ncc(C(C)C)s1. The Morgan fingerprint density at radius 1 is 1.45 bits per heavy atom. The fourth-order valence-electron chi connectivity index (χ4n) is 2.79. The first-order valence-corrected chi connectivity index (χ1v) is 8.81. The quantitative estimate of drug-likeness (QED) is 0.888. The number of hydrogen-bond acceptors (Lipinski definition) is 5. The second-order valence-electron chi connectivity index (χ2n) is 5.95. The average Bonchev–Trinajstić information content (AvgIpc) is 3.23. The summed E-state index contributed by atoms with van der Waals surface area (Å²) in [5.41, 5.74) is 0. The third-order valence-corrected chi connectivity index (χ3v) is 5.39. The van der Waals surface area contributed by atoms with E-state index in [2.05, 4.69) is 40.6 Å². The molecule has 120 valence electrons. The van der Waals surface area contributed by atoms with Crippen LogP contribution in [0, 0.1) is 0 Å². The second kappa shape index (κ2) is 6.89. The Morgan fingerprint density at radius 3 is 3.05 bits per heavy atom. The summed E-state index contributed by atoms with van der Waals surface area (Å²) in [6.07, 6.45) is 6.93. The van der Waals surface area contributed by atoms with Gasteiger partial charge in [-0.25, -0.2) is 9.97 Å². The Balaban J connectivity index is 1.64. The molecule has 0 spiro atoms. The number of hydrogen-bond donors (Lipinski definition) is 1. The van der Waals surface area contributed by atoms with Gasteiger partial charge in [0.05, 0.1) is 0 Å². The van der Waals surface area contributed by atoms with E-state index in [-0.39, 0.29) is 6.10 Å². The molecule has 1 fully saturated rings. The van der Waals surface area contributed by atoms with Crippen LogP contribution in [0.3, 0.4) is 0 Å². The number of imidazole rings is 1. The van der Waals surface area contributed by atoms with Crippen molar-refractivity contribution in [1.29, 1.82) is 0 Å². The Bertz CT molecular complexity index is 607. The molecule has 0 radical (unpaired) electrons. The molecule has 0 unspecified atom stereocenters. The Hall–Kier alpha value is -1.24. The van der Waals surface area contributed by atoms with Gasteiger partial charge in [0.2, 0.25) is 0 Å². The van der Waals surface area contributed by atoms with Gasteiger partial charge in [-0.05, 0) is 19.3 Å². The maximum atomic E-state index is 5.92. The van der Waals surface area contributed by atoms with E-state index in [4.69, 9.17) is 4.74 Å². The highest BCUT2D eigenvalue weighted by Gasteiger charge is 2.32. The number of nitrogens with zero attached hydrogens (tertiary/aromatic N) is 3. The van der Waals surface area contributed by atoms with Crippen LogP contribution in [-0.2, 0) is 17.8 Å². The van der Waals surface area contributed by atoms with Crippen molar-refractivity contribution in [2.24, 2.45) is 0 Å². The average molecular weight is 320 g/mol. The highest BCUT2D eigenvalue weighted by molar-refractivity contribution is 7.11. The molecule has 0 aromatic carbocycles. The van der Waals surface area contributed by atoms with Crippen molar-refractivity contribution in [3.8, 4) is 0 Å². The molecule has 1 N–H and O–H groups in total. The zero-order valence-corrected chi connectivity index (χ0v) is 14.3. The Morgan fingerprint density at radius 2 is 2.32 bits per heavy atom. The van der Waals surface area contributed by atoms with Gasteiger partial charge in [0, 0.05) is 49.2 Å². The molecule has 2 aromatic rings. The highest BCUT2D eigenvalue weighted by atomic mass is 32.1. The molecule has 3 rings (SSSR count). The van der Waals surface area contributed by atoms with Crippen LogP contribution in [0.4, 0.5) is 0 Å². The molecule has 1 aliphatic rings. The number of thiazole rings is 1. The lowest BCUT2D eigenvalue weighted by Crippen LogP contribution is -2.32. The van der Waals surface area contributed by atoms with Gasteiger partial charge in [-0.15, -0.1) is 11.3 Å². The van der Waals surface area contributed by atoms with Crippen LogP contribution in [0.5, 0.6) is 0 Å². The minimum atomic E-state index is 0.0412. The molecular weight excluding hydrogens is 296 g/mol. The van der Waals surface area contributed by atoms with Gasteiger partial charge in [0.15, 0.2) is 0 Å². The van der Waals surface area contributed by atoms with Gasteiger partial charge < -0.3 is 14.6 Å². The fraction of sp³-hybridized carbons (Fsp3) is 0.625. The van der Waals surface area contributed by atoms with Gasteiger partial charge in [0.1, 0.15) is 16.9 Å². The van der Waals surface area contributed by atoms with Crippen LogP contribution in [0.2, 0.25) is 0 Å². The molecule has 6 heteroatoms. The second-order valence-corrected chi connectivity index (χ2v) is 7.10.